The molecule has 1 atom stereocenters. The lowest BCUT2D eigenvalue weighted by Crippen LogP contribution is -2.31. The number of hydrogen-bond acceptors (Lipinski definition) is 1. The lowest BCUT2D eigenvalue weighted by atomic mass is 9.81. The molecular formula is C10H9BO. The average molecular weight is 156 g/mol. The minimum absolute atomic E-state index is 0.658. The second-order valence-electron chi connectivity index (χ2n) is 3.16. The summed E-state index contributed by atoms with van der Waals surface area (Å²) in [6, 6.07) is 7.84. The van der Waals surface area contributed by atoms with Gasteiger partial charge in [-0.1, -0.05) is 30.4 Å². The van der Waals surface area contributed by atoms with Crippen LogP contribution in [0.4, 0.5) is 0 Å². The minimum Gasteiger partial charge on any atom is -0.493 e. The van der Waals surface area contributed by atoms with Crippen LogP contribution in [0.1, 0.15) is 12.5 Å². The topological polar surface area (TPSA) is 9.23 Å². The predicted octanol–water partition coefficient (Wildman–Crippen LogP) is 1.98. The van der Waals surface area contributed by atoms with Crippen LogP contribution in [-0.4, -0.2) is 13.3 Å². The van der Waals surface area contributed by atoms with E-state index in [2.05, 4.69) is 0 Å². The van der Waals surface area contributed by atoms with Crippen molar-refractivity contribution < 1.29 is 4.74 Å². The van der Waals surface area contributed by atoms with E-state index in [0.717, 1.165) is 11.3 Å². The van der Waals surface area contributed by atoms with E-state index in [-0.39, 0.29) is 0 Å². The highest BCUT2D eigenvalue weighted by Crippen LogP contribution is 2.28. The number of ether oxygens (including phenoxy) is 1. The molecule has 0 N–H and O–H groups in total. The first-order valence-electron chi connectivity index (χ1n) is 3.93. The van der Waals surface area contributed by atoms with Gasteiger partial charge < -0.3 is 4.74 Å². The zero-order valence-electron chi connectivity index (χ0n) is 6.95. The smallest absolute Gasteiger partial charge is 0.137 e. The van der Waals surface area contributed by atoms with Gasteiger partial charge in [-0.05, 0) is 13.0 Å². The number of fused-ring (bicyclic) bond motifs is 1. The van der Waals surface area contributed by atoms with Crippen LogP contribution in [0.5, 0.6) is 5.75 Å². The Morgan fingerprint density at radius 1 is 1.33 bits per heavy atom. The van der Waals surface area contributed by atoms with Crippen molar-refractivity contribution in [3.8, 4) is 5.75 Å². The van der Waals surface area contributed by atoms with E-state index >= 15 is 0 Å². The molecule has 12 heavy (non-hydrogen) atoms. The highest BCUT2D eigenvalue weighted by atomic mass is 16.5. The number of para-hydroxylation sites is 1. The van der Waals surface area contributed by atoms with E-state index in [1.165, 1.54) is 0 Å². The van der Waals surface area contributed by atoms with Crippen molar-refractivity contribution in [3.63, 3.8) is 0 Å². The normalized spacial score (nSPS) is 26.1. The van der Waals surface area contributed by atoms with Crippen LogP contribution in [0.2, 0.25) is 0 Å². The summed E-state index contributed by atoms with van der Waals surface area (Å²) in [7, 11) is 5.78. The summed E-state index contributed by atoms with van der Waals surface area (Å²) in [6.45, 7) is 1.83. The molecule has 0 bridgehead atoms. The molecule has 2 rings (SSSR count). The SMILES string of the molecule is [B][C@]1(C)C=Cc2ccccc2O1. The van der Waals surface area contributed by atoms with E-state index in [0.29, 0.717) is 0 Å². The Morgan fingerprint density at radius 2 is 2.08 bits per heavy atom. The first-order valence-corrected chi connectivity index (χ1v) is 3.93. The first-order chi connectivity index (χ1) is 5.67. The number of rotatable bonds is 0. The van der Waals surface area contributed by atoms with Gasteiger partial charge in [0.25, 0.3) is 0 Å². The van der Waals surface area contributed by atoms with Crippen molar-refractivity contribution >= 4 is 13.9 Å². The Morgan fingerprint density at radius 3 is 2.92 bits per heavy atom. The van der Waals surface area contributed by atoms with Gasteiger partial charge in [0.05, 0.1) is 5.50 Å². The highest BCUT2D eigenvalue weighted by molar-refractivity contribution is 6.16. The van der Waals surface area contributed by atoms with Crippen LogP contribution in [0.25, 0.3) is 6.08 Å². The largest absolute Gasteiger partial charge is 0.493 e. The fourth-order valence-corrected chi connectivity index (χ4v) is 1.24. The lowest BCUT2D eigenvalue weighted by molar-refractivity contribution is 0.224. The van der Waals surface area contributed by atoms with Crippen molar-refractivity contribution in [2.45, 2.75) is 12.4 Å². The molecule has 1 nitrogen and oxygen atoms in total. The van der Waals surface area contributed by atoms with Crippen molar-refractivity contribution in [1.82, 2.24) is 0 Å². The summed E-state index contributed by atoms with van der Waals surface area (Å²) in [6.07, 6.45) is 3.84. The van der Waals surface area contributed by atoms with Gasteiger partial charge in [0.1, 0.15) is 13.6 Å². The van der Waals surface area contributed by atoms with Crippen LogP contribution in [0, 0.1) is 0 Å². The molecule has 0 unspecified atom stereocenters. The number of hydrogen-bond donors (Lipinski definition) is 0. The van der Waals surface area contributed by atoms with Crippen molar-refractivity contribution in [2.75, 3.05) is 0 Å². The molecular weight excluding hydrogens is 147 g/mol. The van der Waals surface area contributed by atoms with Crippen LogP contribution < -0.4 is 4.74 Å². The Kier molecular flexibility index (Phi) is 1.50. The molecule has 0 aromatic heterocycles. The minimum atomic E-state index is -0.658. The third kappa shape index (κ3) is 1.25. The van der Waals surface area contributed by atoms with Gasteiger partial charge in [0.2, 0.25) is 0 Å². The zero-order valence-corrected chi connectivity index (χ0v) is 6.95. The molecule has 1 aromatic rings. The third-order valence-corrected chi connectivity index (χ3v) is 1.84. The summed E-state index contributed by atoms with van der Waals surface area (Å²) < 4.78 is 5.51. The summed E-state index contributed by atoms with van der Waals surface area (Å²) in [5.41, 5.74) is 0.425. The van der Waals surface area contributed by atoms with Crippen molar-refractivity contribution in [3.05, 3.63) is 35.9 Å². The maximum Gasteiger partial charge on any atom is 0.137 e. The summed E-state index contributed by atoms with van der Waals surface area (Å²) in [5, 5.41) is 0. The first kappa shape index (κ1) is 7.47. The van der Waals surface area contributed by atoms with Gasteiger partial charge in [-0.3, -0.25) is 0 Å². The standard InChI is InChI=1S/C10H9BO/c1-10(11)7-6-8-4-2-3-5-9(8)12-10/h2-7H,1H3/t10-/m0/s1. The van der Waals surface area contributed by atoms with Crippen molar-refractivity contribution in [2.24, 2.45) is 0 Å². The van der Waals surface area contributed by atoms with Crippen LogP contribution >= 0.6 is 0 Å². The molecule has 1 aliphatic heterocycles. The van der Waals surface area contributed by atoms with E-state index in [9.17, 15) is 0 Å². The molecule has 0 amide bonds. The molecule has 0 saturated heterocycles. The van der Waals surface area contributed by atoms with Crippen molar-refractivity contribution in [1.29, 1.82) is 0 Å². The van der Waals surface area contributed by atoms with Gasteiger partial charge in [-0.15, -0.1) is 0 Å². The molecule has 2 radical (unpaired) electrons. The zero-order chi connectivity index (χ0) is 8.60. The van der Waals surface area contributed by atoms with E-state index in [1.807, 2.05) is 43.3 Å². The van der Waals surface area contributed by atoms with E-state index in [1.54, 1.807) is 0 Å². The summed E-state index contributed by atoms with van der Waals surface area (Å²) in [4.78, 5) is 0. The molecule has 0 spiro atoms. The average Bonchev–Trinajstić information content (AvgIpc) is 2.02. The predicted molar refractivity (Wildman–Crippen MR) is 50.3 cm³/mol. The molecule has 0 saturated carbocycles. The maximum absolute atomic E-state index is 5.78. The van der Waals surface area contributed by atoms with Gasteiger partial charge in [-0.2, -0.15) is 0 Å². The Balaban J connectivity index is 2.46. The third-order valence-electron chi connectivity index (χ3n) is 1.84. The van der Waals surface area contributed by atoms with Crippen LogP contribution in [0.3, 0.4) is 0 Å². The van der Waals surface area contributed by atoms with E-state index < -0.39 is 5.50 Å². The Hall–Kier alpha value is -1.18. The van der Waals surface area contributed by atoms with E-state index in [4.69, 9.17) is 12.6 Å². The number of benzene rings is 1. The second kappa shape index (κ2) is 2.41. The molecule has 0 aliphatic carbocycles. The lowest BCUT2D eigenvalue weighted by Gasteiger charge is -2.28. The Bertz CT molecular complexity index is 328. The Labute approximate surface area is 73.5 Å². The fourth-order valence-electron chi connectivity index (χ4n) is 1.24. The second-order valence-corrected chi connectivity index (χ2v) is 3.16. The summed E-state index contributed by atoms with van der Waals surface area (Å²) in [5.74, 6) is 0.852. The summed E-state index contributed by atoms with van der Waals surface area (Å²) >= 11 is 0. The highest BCUT2D eigenvalue weighted by Gasteiger charge is 2.19. The molecule has 2 heteroatoms. The maximum atomic E-state index is 5.78. The fraction of sp³-hybridized carbons (Fsp3) is 0.200. The molecule has 58 valence electrons. The van der Waals surface area contributed by atoms with Crippen LogP contribution in [0.15, 0.2) is 30.3 Å². The quantitative estimate of drug-likeness (QED) is 0.521. The molecule has 1 aromatic carbocycles. The monoisotopic (exact) mass is 156 g/mol. The molecule has 1 aliphatic rings. The van der Waals surface area contributed by atoms with Crippen LogP contribution in [-0.2, 0) is 0 Å². The van der Waals surface area contributed by atoms with Gasteiger partial charge in [0, 0.05) is 5.56 Å². The van der Waals surface area contributed by atoms with Gasteiger partial charge in [0.15, 0.2) is 0 Å². The van der Waals surface area contributed by atoms with Gasteiger partial charge in [-0.25, -0.2) is 0 Å². The molecule has 0 fully saturated rings. The molecule has 1 heterocycles. The van der Waals surface area contributed by atoms with Gasteiger partial charge >= 0.3 is 0 Å².